The summed E-state index contributed by atoms with van der Waals surface area (Å²) in [6.07, 6.45) is 7.01. The predicted molar refractivity (Wildman–Crippen MR) is 125 cm³/mol. The molecule has 0 spiro atoms. The number of nitrogens with one attached hydrogen (secondary N) is 3. The number of hydrogen-bond donors (Lipinski definition) is 3. The van der Waals surface area contributed by atoms with Gasteiger partial charge in [0.2, 0.25) is 0 Å². The molecule has 1 aliphatic carbocycles. The fourth-order valence-electron chi connectivity index (χ4n) is 4.69. The van der Waals surface area contributed by atoms with Gasteiger partial charge < -0.3 is 10.1 Å². The first-order valence-electron chi connectivity index (χ1n) is 11.1. The fourth-order valence-corrected chi connectivity index (χ4v) is 4.69. The maximum atomic E-state index is 13.0. The lowest BCUT2D eigenvalue weighted by Crippen LogP contribution is -2.37. The van der Waals surface area contributed by atoms with Gasteiger partial charge in [0.15, 0.2) is 0 Å². The van der Waals surface area contributed by atoms with Crippen LogP contribution in [0.1, 0.15) is 47.7 Å². The summed E-state index contributed by atoms with van der Waals surface area (Å²) in [5.41, 5.74) is 3.15. The normalized spacial score (nSPS) is 18.2. The highest BCUT2D eigenvalue weighted by molar-refractivity contribution is 5.97. The van der Waals surface area contributed by atoms with Crippen molar-refractivity contribution < 1.29 is 9.53 Å². The third kappa shape index (κ3) is 4.11. The van der Waals surface area contributed by atoms with Crippen molar-refractivity contribution in [2.75, 3.05) is 7.11 Å². The monoisotopic (exact) mass is 443 g/mol. The van der Waals surface area contributed by atoms with E-state index in [9.17, 15) is 9.59 Å². The Morgan fingerprint density at radius 1 is 1.06 bits per heavy atom. The van der Waals surface area contributed by atoms with E-state index in [0.717, 1.165) is 47.9 Å². The van der Waals surface area contributed by atoms with Crippen LogP contribution in [0.4, 0.5) is 0 Å². The molecule has 2 heterocycles. The van der Waals surface area contributed by atoms with Crippen molar-refractivity contribution >= 4 is 16.7 Å². The van der Waals surface area contributed by atoms with Crippen LogP contribution in [0.2, 0.25) is 0 Å². The van der Waals surface area contributed by atoms with Crippen molar-refractivity contribution in [1.29, 1.82) is 0 Å². The molecule has 2 aromatic heterocycles. The van der Waals surface area contributed by atoms with Gasteiger partial charge in [-0.2, -0.15) is 10.2 Å². The molecule has 0 aliphatic heterocycles. The van der Waals surface area contributed by atoms with Crippen molar-refractivity contribution in [3.05, 3.63) is 76.5 Å². The maximum absolute atomic E-state index is 13.0. The molecule has 2 aromatic carbocycles. The summed E-state index contributed by atoms with van der Waals surface area (Å²) in [6.45, 7) is 0. The molecule has 3 N–H and O–H groups in total. The molecule has 4 aromatic rings. The van der Waals surface area contributed by atoms with Crippen molar-refractivity contribution in [2.24, 2.45) is 0 Å². The van der Waals surface area contributed by atoms with Crippen molar-refractivity contribution in [3.8, 4) is 16.9 Å². The van der Waals surface area contributed by atoms with Crippen LogP contribution in [0.25, 0.3) is 21.9 Å². The molecule has 1 amide bonds. The zero-order valence-electron chi connectivity index (χ0n) is 18.3. The third-order valence-corrected chi connectivity index (χ3v) is 6.45. The van der Waals surface area contributed by atoms with Crippen molar-refractivity contribution in [2.45, 2.75) is 37.6 Å². The summed E-state index contributed by atoms with van der Waals surface area (Å²) < 4.78 is 5.49. The van der Waals surface area contributed by atoms with E-state index in [0.29, 0.717) is 16.7 Å². The molecule has 0 radical (unpaired) electrons. The van der Waals surface area contributed by atoms with Crippen LogP contribution in [0.15, 0.2) is 59.7 Å². The number of H-pyrrole nitrogens is 2. The number of carbonyl (C=O) groups is 1. The summed E-state index contributed by atoms with van der Waals surface area (Å²) in [6, 6.07) is 13.2. The summed E-state index contributed by atoms with van der Waals surface area (Å²) in [5.74, 6) is 0.647. The molecule has 0 atom stereocenters. The number of rotatable bonds is 5. The Balaban J connectivity index is 1.27. The van der Waals surface area contributed by atoms with Crippen molar-refractivity contribution in [3.63, 3.8) is 0 Å². The van der Waals surface area contributed by atoms with Crippen LogP contribution in [0, 0.1) is 0 Å². The number of aromatic nitrogens is 4. The summed E-state index contributed by atoms with van der Waals surface area (Å²) in [7, 11) is 1.57. The number of nitrogens with zero attached hydrogens (tertiary/aromatic N) is 2. The molecule has 1 aliphatic rings. The topological polar surface area (TPSA) is 113 Å². The zero-order valence-corrected chi connectivity index (χ0v) is 18.3. The summed E-state index contributed by atoms with van der Waals surface area (Å²) in [5, 5.41) is 18.5. The lowest BCUT2D eigenvalue weighted by Gasteiger charge is -2.29. The zero-order chi connectivity index (χ0) is 22.8. The van der Waals surface area contributed by atoms with Crippen LogP contribution >= 0.6 is 0 Å². The smallest absolute Gasteiger partial charge is 0.272 e. The second kappa shape index (κ2) is 8.90. The van der Waals surface area contributed by atoms with E-state index in [-0.39, 0.29) is 23.4 Å². The molecule has 8 heteroatoms. The first-order valence-corrected chi connectivity index (χ1v) is 11.1. The van der Waals surface area contributed by atoms with E-state index >= 15 is 0 Å². The van der Waals surface area contributed by atoms with Crippen molar-refractivity contribution in [1.82, 2.24) is 25.7 Å². The third-order valence-electron chi connectivity index (χ3n) is 6.45. The van der Waals surface area contributed by atoms with E-state index in [1.807, 2.05) is 36.4 Å². The maximum Gasteiger partial charge on any atom is 0.272 e. The average Bonchev–Trinajstić information content (AvgIpc) is 3.40. The lowest BCUT2D eigenvalue weighted by atomic mass is 9.82. The van der Waals surface area contributed by atoms with Crippen LogP contribution in [-0.2, 0) is 0 Å². The van der Waals surface area contributed by atoms with E-state index < -0.39 is 0 Å². The number of methoxy groups -OCH3 is 1. The number of hydrogen-bond acceptors (Lipinski definition) is 5. The molecule has 0 bridgehead atoms. The first-order chi connectivity index (χ1) is 16.1. The first kappa shape index (κ1) is 20.9. The Hall–Kier alpha value is -3.94. The van der Waals surface area contributed by atoms with Gasteiger partial charge in [0.1, 0.15) is 5.75 Å². The van der Waals surface area contributed by atoms with Crippen LogP contribution < -0.4 is 15.6 Å². The largest absolute Gasteiger partial charge is 0.496 e. The standard InChI is InChI=1S/C25H25N5O3/c1-33-22-12-16(17-13-26-27-14-17)8-11-21(22)24(31)28-18-9-6-15(7-10-18)23-19-4-2-3-5-20(19)25(32)30-29-23/h2-5,8,11-15,18H,6-7,9-10H2,1H3,(H,26,27)(H,28,31)(H,30,32)/t15-,18-. The molecule has 0 unspecified atom stereocenters. The van der Waals surface area contributed by atoms with Gasteiger partial charge in [-0.25, -0.2) is 5.10 Å². The van der Waals surface area contributed by atoms with Crippen LogP contribution in [0.3, 0.4) is 0 Å². The average molecular weight is 444 g/mol. The Morgan fingerprint density at radius 3 is 2.58 bits per heavy atom. The SMILES string of the molecule is COc1cc(-c2cn[nH]c2)ccc1C(=O)N[C@H]1CC[C@H](c2n[nH]c(=O)c3ccccc32)CC1. The number of fused-ring (bicyclic) bond motifs is 1. The number of ether oxygens (including phenoxy) is 1. The van der Waals surface area contributed by atoms with E-state index in [4.69, 9.17) is 4.74 Å². The molecule has 5 rings (SSSR count). The molecule has 1 fully saturated rings. The second-order valence-electron chi connectivity index (χ2n) is 8.41. The highest BCUT2D eigenvalue weighted by Gasteiger charge is 2.27. The molecule has 33 heavy (non-hydrogen) atoms. The van der Waals surface area contributed by atoms with Gasteiger partial charge in [0.25, 0.3) is 11.5 Å². The summed E-state index contributed by atoms with van der Waals surface area (Å²) in [4.78, 5) is 25.1. The van der Waals surface area contributed by atoms with Gasteiger partial charge in [-0.05, 0) is 49.4 Å². The number of carbonyl (C=O) groups excluding carboxylic acids is 1. The van der Waals surface area contributed by atoms with Gasteiger partial charge in [0.05, 0.1) is 30.0 Å². The van der Waals surface area contributed by atoms with Gasteiger partial charge in [0, 0.05) is 29.1 Å². The van der Waals surface area contributed by atoms with Gasteiger partial charge in [-0.3, -0.25) is 14.7 Å². The minimum atomic E-state index is -0.164. The Morgan fingerprint density at radius 2 is 1.85 bits per heavy atom. The Kier molecular flexibility index (Phi) is 5.64. The molecule has 168 valence electrons. The van der Waals surface area contributed by atoms with Gasteiger partial charge in [-0.1, -0.05) is 24.3 Å². The molecule has 1 saturated carbocycles. The van der Waals surface area contributed by atoms with Crippen LogP contribution in [0.5, 0.6) is 5.75 Å². The molecular weight excluding hydrogens is 418 g/mol. The van der Waals surface area contributed by atoms with E-state index in [1.54, 1.807) is 25.6 Å². The lowest BCUT2D eigenvalue weighted by molar-refractivity contribution is 0.0922. The van der Waals surface area contributed by atoms with Crippen LogP contribution in [-0.4, -0.2) is 39.5 Å². The number of aromatic amines is 2. The highest BCUT2D eigenvalue weighted by Crippen LogP contribution is 2.35. The van der Waals surface area contributed by atoms with Gasteiger partial charge >= 0.3 is 0 Å². The minimum Gasteiger partial charge on any atom is -0.496 e. The minimum absolute atomic E-state index is 0.0843. The molecule has 8 nitrogen and oxygen atoms in total. The van der Waals surface area contributed by atoms with Gasteiger partial charge in [-0.15, -0.1) is 0 Å². The Bertz CT molecular complexity index is 1340. The number of amides is 1. The predicted octanol–water partition coefficient (Wildman–Crippen LogP) is 3.78. The van der Waals surface area contributed by atoms with E-state index in [1.165, 1.54) is 0 Å². The highest BCUT2D eigenvalue weighted by atomic mass is 16.5. The molecular formula is C25H25N5O3. The van der Waals surface area contributed by atoms with E-state index in [2.05, 4.69) is 25.7 Å². The summed E-state index contributed by atoms with van der Waals surface area (Å²) >= 11 is 0. The number of benzene rings is 2. The fraction of sp³-hybridized carbons (Fsp3) is 0.280. The second-order valence-corrected chi connectivity index (χ2v) is 8.41. The molecule has 0 saturated heterocycles. The quantitative estimate of drug-likeness (QED) is 0.435. The Labute approximate surface area is 190 Å².